The van der Waals surface area contributed by atoms with Crippen LogP contribution in [0.2, 0.25) is 0 Å². The molecule has 0 saturated heterocycles. The number of rotatable bonds is 3. The Balaban J connectivity index is 1.80. The van der Waals surface area contributed by atoms with Crippen LogP contribution in [0.1, 0.15) is 17.4 Å². The summed E-state index contributed by atoms with van der Waals surface area (Å²) in [4.78, 5) is 18.9. The van der Waals surface area contributed by atoms with Crippen molar-refractivity contribution in [3.05, 3.63) is 66.1 Å². The van der Waals surface area contributed by atoms with Crippen LogP contribution in [0.15, 0.2) is 54.7 Å². The first-order valence-corrected chi connectivity index (χ1v) is 7.88. The van der Waals surface area contributed by atoms with Crippen molar-refractivity contribution in [3.63, 3.8) is 0 Å². The van der Waals surface area contributed by atoms with Crippen LogP contribution in [0.4, 0.5) is 0 Å². The van der Waals surface area contributed by atoms with Gasteiger partial charge in [-0.25, -0.2) is 0 Å². The van der Waals surface area contributed by atoms with Crippen LogP contribution in [-0.2, 0) is 17.8 Å². The molecule has 4 rings (SSSR count). The Labute approximate surface area is 139 Å². The van der Waals surface area contributed by atoms with Gasteiger partial charge in [0.15, 0.2) is 11.6 Å². The van der Waals surface area contributed by atoms with Gasteiger partial charge in [-0.2, -0.15) is 0 Å². The second-order valence-electron chi connectivity index (χ2n) is 5.92. The van der Waals surface area contributed by atoms with Crippen LogP contribution in [0, 0.1) is 0 Å². The van der Waals surface area contributed by atoms with Crippen molar-refractivity contribution >= 4 is 5.91 Å². The van der Waals surface area contributed by atoms with Crippen molar-refractivity contribution in [1.29, 1.82) is 0 Å². The van der Waals surface area contributed by atoms with E-state index in [0.29, 0.717) is 18.8 Å². The molecule has 0 spiro atoms. The number of nitrogens with zero attached hydrogens (tertiary/aromatic N) is 5. The molecule has 0 N–H and O–H groups in total. The number of amides is 1. The van der Waals surface area contributed by atoms with E-state index in [0.717, 1.165) is 17.1 Å². The summed E-state index contributed by atoms with van der Waals surface area (Å²) >= 11 is 0. The maximum absolute atomic E-state index is 12.8. The van der Waals surface area contributed by atoms with E-state index in [4.69, 9.17) is 0 Å². The van der Waals surface area contributed by atoms with E-state index in [9.17, 15) is 4.79 Å². The van der Waals surface area contributed by atoms with E-state index in [1.807, 2.05) is 53.1 Å². The average molecular weight is 319 g/mol. The molecule has 3 heterocycles. The largest absolute Gasteiger partial charge is 0.336 e. The lowest BCUT2D eigenvalue weighted by molar-refractivity contribution is -0.135. The monoisotopic (exact) mass is 319 g/mol. The van der Waals surface area contributed by atoms with Crippen LogP contribution in [0.5, 0.6) is 0 Å². The van der Waals surface area contributed by atoms with Gasteiger partial charge in [-0.05, 0) is 17.7 Å². The fraction of sp³-hybridized carbons (Fsp3) is 0.222. The van der Waals surface area contributed by atoms with Gasteiger partial charge in [-0.1, -0.05) is 36.4 Å². The molecule has 0 saturated carbocycles. The van der Waals surface area contributed by atoms with Crippen molar-refractivity contribution in [1.82, 2.24) is 24.6 Å². The number of likely N-dealkylation sites (N-methyl/N-ethyl adjacent to an activating group) is 1. The third-order valence-electron chi connectivity index (χ3n) is 4.28. The molecule has 1 atom stereocenters. The minimum Gasteiger partial charge on any atom is -0.336 e. The lowest BCUT2D eigenvalue weighted by atomic mass is 10.0. The highest BCUT2D eigenvalue weighted by Crippen LogP contribution is 2.29. The number of carbonyl (C=O) groups is 1. The molecular weight excluding hydrogens is 302 g/mol. The number of aromatic nitrogens is 4. The van der Waals surface area contributed by atoms with Crippen molar-refractivity contribution in [2.75, 3.05) is 7.05 Å². The normalized spacial score (nSPS) is 17.0. The Hall–Kier alpha value is -3.02. The van der Waals surface area contributed by atoms with E-state index in [-0.39, 0.29) is 11.9 Å². The predicted molar refractivity (Wildman–Crippen MR) is 88.9 cm³/mol. The maximum Gasteiger partial charge on any atom is 0.246 e. The first-order chi connectivity index (χ1) is 11.7. The number of fused-ring (bicyclic) bond motifs is 1. The Morgan fingerprint density at radius 1 is 1.08 bits per heavy atom. The lowest BCUT2D eigenvalue weighted by Crippen LogP contribution is -2.41. The first-order valence-electron chi connectivity index (χ1n) is 7.88. The maximum atomic E-state index is 12.8. The van der Waals surface area contributed by atoms with Gasteiger partial charge in [0.2, 0.25) is 5.91 Å². The highest BCUT2D eigenvalue weighted by molar-refractivity contribution is 5.82. The van der Waals surface area contributed by atoms with Crippen molar-refractivity contribution in [2.45, 2.75) is 19.0 Å². The van der Waals surface area contributed by atoms with E-state index >= 15 is 0 Å². The van der Waals surface area contributed by atoms with Crippen molar-refractivity contribution < 1.29 is 4.79 Å². The number of hydrogen-bond acceptors (Lipinski definition) is 4. The van der Waals surface area contributed by atoms with Gasteiger partial charge in [-0.3, -0.25) is 14.3 Å². The Morgan fingerprint density at radius 3 is 2.62 bits per heavy atom. The van der Waals surface area contributed by atoms with Gasteiger partial charge in [-0.15, -0.1) is 10.2 Å². The second-order valence-corrected chi connectivity index (χ2v) is 5.92. The standard InChI is InChI=1S/C18H17N5O/c1-22-12-16-20-21-17(14-9-5-6-10-19-14)23(16)15(18(22)24)11-13-7-3-2-4-8-13/h2-10,15H,11-12H2,1H3/t15-/m0/s1. The third kappa shape index (κ3) is 2.46. The third-order valence-corrected chi connectivity index (χ3v) is 4.28. The van der Waals surface area contributed by atoms with Gasteiger partial charge in [0, 0.05) is 19.7 Å². The molecule has 0 aliphatic carbocycles. The highest BCUT2D eigenvalue weighted by Gasteiger charge is 2.34. The molecule has 0 fully saturated rings. The fourth-order valence-corrected chi connectivity index (χ4v) is 3.10. The Kier molecular flexibility index (Phi) is 3.57. The SMILES string of the molecule is CN1Cc2nnc(-c3ccccn3)n2[C@@H](Cc2ccccc2)C1=O. The van der Waals surface area contributed by atoms with Crippen LogP contribution in [-0.4, -0.2) is 37.6 Å². The van der Waals surface area contributed by atoms with E-state index < -0.39 is 0 Å². The zero-order valence-corrected chi connectivity index (χ0v) is 13.3. The van der Waals surface area contributed by atoms with Crippen molar-refractivity contribution in [2.24, 2.45) is 0 Å². The summed E-state index contributed by atoms with van der Waals surface area (Å²) in [6.07, 6.45) is 2.33. The minimum atomic E-state index is -0.354. The average Bonchev–Trinajstić information content (AvgIpc) is 3.04. The molecule has 1 aliphatic heterocycles. The van der Waals surface area contributed by atoms with E-state index in [1.165, 1.54) is 0 Å². The summed E-state index contributed by atoms with van der Waals surface area (Å²) in [6, 6.07) is 15.3. The van der Waals surface area contributed by atoms with Crippen LogP contribution in [0.3, 0.4) is 0 Å². The molecule has 24 heavy (non-hydrogen) atoms. The molecule has 1 aromatic carbocycles. The molecule has 2 aromatic heterocycles. The zero-order chi connectivity index (χ0) is 16.5. The van der Waals surface area contributed by atoms with Crippen LogP contribution < -0.4 is 0 Å². The summed E-state index contributed by atoms with van der Waals surface area (Å²) < 4.78 is 1.94. The molecule has 0 radical (unpaired) electrons. The molecule has 0 bridgehead atoms. The van der Waals surface area contributed by atoms with Crippen molar-refractivity contribution in [3.8, 4) is 11.5 Å². The van der Waals surface area contributed by atoms with E-state index in [1.54, 1.807) is 18.1 Å². The molecule has 120 valence electrons. The summed E-state index contributed by atoms with van der Waals surface area (Å²) in [5.74, 6) is 1.51. The summed E-state index contributed by atoms with van der Waals surface area (Å²) in [6.45, 7) is 0.462. The summed E-state index contributed by atoms with van der Waals surface area (Å²) in [5.41, 5.74) is 1.84. The molecule has 0 unspecified atom stereocenters. The Morgan fingerprint density at radius 2 is 1.88 bits per heavy atom. The van der Waals surface area contributed by atoms with Gasteiger partial charge in [0.25, 0.3) is 0 Å². The number of pyridine rings is 1. The van der Waals surface area contributed by atoms with Gasteiger partial charge < -0.3 is 4.90 Å². The number of benzene rings is 1. The molecule has 6 nitrogen and oxygen atoms in total. The van der Waals surface area contributed by atoms with Gasteiger partial charge in [0.1, 0.15) is 11.7 Å². The molecular formula is C18H17N5O. The summed E-state index contributed by atoms with van der Waals surface area (Å²) in [5, 5.41) is 8.59. The molecule has 1 amide bonds. The molecule has 3 aromatic rings. The van der Waals surface area contributed by atoms with Crippen LogP contribution in [0.25, 0.3) is 11.5 Å². The zero-order valence-electron chi connectivity index (χ0n) is 13.3. The van der Waals surface area contributed by atoms with Gasteiger partial charge >= 0.3 is 0 Å². The highest BCUT2D eigenvalue weighted by atomic mass is 16.2. The number of carbonyl (C=O) groups excluding carboxylic acids is 1. The minimum absolute atomic E-state index is 0.0725. The predicted octanol–water partition coefficient (Wildman–Crippen LogP) is 2.10. The molecule has 6 heteroatoms. The number of hydrogen-bond donors (Lipinski definition) is 0. The first kappa shape index (κ1) is 14.6. The summed E-state index contributed by atoms with van der Waals surface area (Å²) in [7, 11) is 1.80. The molecule has 1 aliphatic rings. The Bertz CT molecular complexity index is 860. The topological polar surface area (TPSA) is 63.9 Å². The van der Waals surface area contributed by atoms with E-state index in [2.05, 4.69) is 15.2 Å². The smallest absolute Gasteiger partial charge is 0.246 e. The lowest BCUT2D eigenvalue weighted by Gasteiger charge is -2.31. The second kappa shape index (κ2) is 5.88. The fourth-order valence-electron chi connectivity index (χ4n) is 3.10. The van der Waals surface area contributed by atoms with Crippen LogP contribution >= 0.6 is 0 Å². The quantitative estimate of drug-likeness (QED) is 0.741. The van der Waals surface area contributed by atoms with Gasteiger partial charge in [0.05, 0.1) is 6.54 Å².